The highest BCUT2D eigenvalue weighted by atomic mass is 16.5. The maximum absolute atomic E-state index is 12.5. The van der Waals surface area contributed by atoms with Gasteiger partial charge < -0.3 is 15.0 Å². The Hall–Kier alpha value is -2.31. The highest BCUT2D eigenvalue weighted by molar-refractivity contribution is 5.95. The summed E-state index contributed by atoms with van der Waals surface area (Å²) in [5.41, 5.74) is 2.51. The lowest BCUT2D eigenvalue weighted by Crippen LogP contribution is -2.31. The molecule has 3 rings (SSSR count). The van der Waals surface area contributed by atoms with E-state index in [1.807, 2.05) is 24.3 Å². The molecule has 6 heteroatoms. The molecule has 2 heterocycles. The summed E-state index contributed by atoms with van der Waals surface area (Å²) in [4.78, 5) is 22.9. The fourth-order valence-corrected chi connectivity index (χ4v) is 3.13. The molecule has 2 aromatic rings. The highest BCUT2D eigenvalue weighted by Crippen LogP contribution is 2.19. The van der Waals surface area contributed by atoms with Crippen molar-refractivity contribution in [2.24, 2.45) is 5.92 Å². The van der Waals surface area contributed by atoms with E-state index in [0.29, 0.717) is 18.0 Å². The zero-order valence-corrected chi connectivity index (χ0v) is 14.5. The Kier molecular flexibility index (Phi) is 6.09. The number of carbonyl (C=O) groups is 1. The minimum absolute atomic E-state index is 0.0333. The van der Waals surface area contributed by atoms with Crippen LogP contribution in [-0.4, -0.2) is 60.7 Å². The Balaban J connectivity index is 1.54. The highest BCUT2D eigenvalue weighted by Gasteiger charge is 2.22. The van der Waals surface area contributed by atoms with Gasteiger partial charge in [-0.3, -0.25) is 4.79 Å². The first-order valence-electron chi connectivity index (χ1n) is 8.61. The number of hydrogen-bond acceptors (Lipinski definition) is 5. The topological polar surface area (TPSA) is 67.3 Å². The van der Waals surface area contributed by atoms with E-state index in [2.05, 4.69) is 20.2 Å². The molecule has 0 spiro atoms. The standard InChI is InChI=1S/C19H24N4O2/c1-25-8-7-23-6-5-15(13-23)10-22-19(24)17-4-2-3-16(9-17)18-11-20-14-21-12-18/h2-4,9,11-12,14-15H,5-8,10,13H2,1H3,(H,22,24). The molecule has 1 aliphatic heterocycles. The molecule has 0 aliphatic carbocycles. The van der Waals surface area contributed by atoms with Crippen LogP contribution in [0, 0.1) is 5.92 Å². The minimum Gasteiger partial charge on any atom is -0.383 e. The van der Waals surface area contributed by atoms with E-state index in [9.17, 15) is 4.79 Å². The Bertz CT molecular complexity index is 693. The Labute approximate surface area is 148 Å². The quantitative estimate of drug-likeness (QED) is 0.833. The van der Waals surface area contributed by atoms with E-state index in [1.54, 1.807) is 19.5 Å². The van der Waals surface area contributed by atoms with Crippen LogP contribution in [0.2, 0.25) is 0 Å². The van der Waals surface area contributed by atoms with Crippen molar-refractivity contribution < 1.29 is 9.53 Å². The molecule has 1 atom stereocenters. The molecule has 0 saturated carbocycles. The summed E-state index contributed by atoms with van der Waals surface area (Å²) < 4.78 is 5.12. The molecule has 1 fully saturated rings. The van der Waals surface area contributed by atoms with Crippen molar-refractivity contribution in [3.05, 3.63) is 48.5 Å². The van der Waals surface area contributed by atoms with Crippen molar-refractivity contribution in [2.45, 2.75) is 6.42 Å². The summed E-state index contributed by atoms with van der Waals surface area (Å²) in [5, 5.41) is 3.07. The van der Waals surface area contributed by atoms with Crippen molar-refractivity contribution in [2.75, 3.05) is 39.9 Å². The van der Waals surface area contributed by atoms with Crippen LogP contribution in [-0.2, 0) is 4.74 Å². The van der Waals surface area contributed by atoms with Gasteiger partial charge >= 0.3 is 0 Å². The number of hydrogen-bond donors (Lipinski definition) is 1. The van der Waals surface area contributed by atoms with Crippen LogP contribution >= 0.6 is 0 Å². The molecule has 1 N–H and O–H groups in total. The van der Waals surface area contributed by atoms with E-state index >= 15 is 0 Å². The molecular weight excluding hydrogens is 316 g/mol. The maximum Gasteiger partial charge on any atom is 0.251 e. The van der Waals surface area contributed by atoms with Crippen molar-refractivity contribution >= 4 is 5.91 Å². The van der Waals surface area contributed by atoms with Gasteiger partial charge in [-0.25, -0.2) is 9.97 Å². The van der Waals surface area contributed by atoms with Crippen LogP contribution in [0.1, 0.15) is 16.8 Å². The van der Waals surface area contributed by atoms with Crippen LogP contribution in [0.3, 0.4) is 0 Å². The number of carbonyl (C=O) groups excluding carboxylic acids is 1. The van der Waals surface area contributed by atoms with E-state index in [1.165, 1.54) is 6.33 Å². The van der Waals surface area contributed by atoms with Crippen LogP contribution < -0.4 is 5.32 Å². The normalized spacial score (nSPS) is 17.6. The maximum atomic E-state index is 12.5. The van der Waals surface area contributed by atoms with Crippen LogP contribution in [0.5, 0.6) is 0 Å². The molecule has 1 aromatic heterocycles. The lowest BCUT2D eigenvalue weighted by molar-refractivity contribution is 0.0946. The zero-order chi connectivity index (χ0) is 17.5. The predicted molar refractivity (Wildman–Crippen MR) is 96.2 cm³/mol. The molecule has 1 aromatic carbocycles. The zero-order valence-electron chi connectivity index (χ0n) is 14.5. The molecule has 6 nitrogen and oxygen atoms in total. The molecule has 0 bridgehead atoms. The number of rotatable bonds is 7. The Morgan fingerprint density at radius 1 is 1.32 bits per heavy atom. The van der Waals surface area contributed by atoms with Gasteiger partial charge in [0.2, 0.25) is 0 Å². The van der Waals surface area contributed by atoms with E-state index in [-0.39, 0.29) is 5.91 Å². The first-order valence-corrected chi connectivity index (χ1v) is 8.61. The predicted octanol–water partition coefficient (Wildman–Crippen LogP) is 1.84. The van der Waals surface area contributed by atoms with Gasteiger partial charge in [-0.1, -0.05) is 12.1 Å². The van der Waals surface area contributed by atoms with Gasteiger partial charge in [0.15, 0.2) is 0 Å². The number of amides is 1. The van der Waals surface area contributed by atoms with Crippen LogP contribution in [0.15, 0.2) is 43.0 Å². The SMILES string of the molecule is COCCN1CCC(CNC(=O)c2cccc(-c3cncnc3)c2)C1. The van der Waals surface area contributed by atoms with E-state index in [0.717, 1.165) is 43.8 Å². The summed E-state index contributed by atoms with van der Waals surface area (Å²) in [5.74, 6) is 0.473. The third-order valence-electron chi connectivity index (χ3n) is 4.55. The summed E-state index contributed by atoms with van der Waals surface area (Å²) >= 11 is 0. The fraction of sp³-hybridized carbons (Fsp3) is 0.421. The van der Waals surface area contributed by atoms with Crippen molar-refractivity contribution in [1.82, 2.24) is 20.2 Å². The van der Waals surface area contributed by atoms with Crippen LogP contribution in [0.25, 0.3) is 11.1 Å². The monoisotopic (exact) mass is 340 g/mol. The van der Waals surface area contributed by atoms with Gasteiger partial charge in [0, 0.05) is 50.3 Å². The van der Waals surface area contributed by atoms with E-state index < -0.39 is 0 Å². The van der Waals surface area contributed by atoms with Gasteiger partial charge in [0.25, 0.3) is 5.91 Å². The minimum atomic E-state index is -0.0333. The average Bonchev–Trinajstić information content (AvgIpc) is 3.13. The molecule has 25 heavy (non-hydrogen) atoms. The molecule has 1 saturated heterocycles. The van der Waals surface area contributed by atoms with Gasteiger partial charge in [-0.2, -0.15) is 0 Å². The summed E-state index contributed by atoms with van der Waals surface area (Å²) in [6, 6.07) is 7.56. The van der Waals surface area contributed by atoms with Crippen molar-refractivity contribution in [3.8, 4) is 11.1 Å². The Morgan fingerprint density at radius 3 is 2.96 bits per heavy atom. The lowest BCUT2D eigenvalue weighted by Gasteiger charge is -2.15. The summed E-state index contributed by atoms with van der Waals surface area (Å²) in [6.45, 7) is 4.52. The average molecular weight is 340 g/mol. The third kappa shape index (κ3) is 4.84. The summed E-state index contributed by atoms with van der Waals surface area (Å²) in [6.07, 6.45) is 6.11. The molecule has 1 unspecified atom stereocenters. The van der Waals surface area contributed by atoms with Gasteiger partial charge in [-0.15, -0.1) is 0 Å². The smallest absolute Gasteiger partial charge is 0.251 e. The second-order valence-electron chi connectivity index (χ2n) is 6.37. The lowest BCUT2D eigenvalue weighted by atomic mass is 10.0. The number of nitrogens with one attached hydrogen (secondary N) is 1. The third-order valence-corrected chi connectivity index (χ3v) is 4.55. The van der Waals surface area contributed by atoms with Crippen molar-refractivity contribution in [1.29, 1.82) is 0 Å². The molecule has 1 amide bonds. The number of ether oxygens (including phenoxy) is 1. The molecule has 132 valence electrons. The van der Waals surface area contributed by atoms with Crippen molar-refractivity contribution in [3.63, 3.8) is 0 Å². The fourth-order valence-electron chi connectivity index (χ4n) is 3.13. The van der Waals surface area contributed by atoms with Gasteiger partial charge in [0.05, 0.1) is 6.61 Å². The second kappa shape index (κ2) is 8.69. The number of methoxy groups -OCH3 is 1. The number of aromatic nitrogens is 2. The number of nitrogens with zero attached hydrogens (tertiary/aromatic N) is 3. The first-order chi connectivity index (χ1) is 12.3. The van der Waals surface area contributed by atoms with Gasteiger partial charge in [0.1, 0.15) is 6.33 Å². The largest absolute Gasteiger partial charge is 0.383 e. The summed E-state index contributed by atoms with van der Waals surface area (Å²) in [7, 11) is 1.73. The second-order valence-corrected chi connectivity index (χ2v) is 6.37. The molecular formula is C19H24N4O2. The Morgan fingerprint density at radius 2 is 2.16 bits per heavy atom. The molecule has 0 radical (unpaired) electrons. The van der Waals surface area contributed by atoms with E-state index in [4.69, 9.17) is 4.74 Å². The van der Waals surface area contributed by atoms with Crippen LogP contribution in [0.4, 0.5) is 0 Å². The number of benzene rings is 1. The first kappa shape index (κ1) is 17.5. The number of likely N-dealkylation sites (tertiary alicyclic amines) is 1. The molecule has 1 aliphatic rings. The van der Waals surface area contributed by atoms with Gasteiger partial charge in [-0.05, 0) is 36.6 Å².